The van der Waals surface area contributed by atoms with Gasteiger partial charge in [0.2, 0.25) is 5.91 Å². The van der Waals surface area contributed by atoms with Crippen LogP contribution in [0.4, 0.5) is 0 Å². The summed E-state index contributed by atoms with van der Waals surface area (Å²) in [6, 6.07) is 10.7. The number of fused-ring (bicyclic) bond motifs is 1. The van der Waals surface area contributed by atoms with E-state index < -0.39 is 0 Å². The molecule has 1 aromatic carbocycles. The van der Waals surface area contributed by atoms with E-state index in [-0.39, 0.29) is 18.2 Å². The predicted molar refractivity (Wildman–Crippen MR) is 76.5 cm³/mol. The SMILES string of the molecule is CC(C)COC1CC(c2ccccc2)N2CCC(=O)N12. The zero-order valence-corrected chi connectivity index (χ0v) is 12.2. The van der Waals surface area contributed by atoms with Crippen molar-refractivity contribution in [3.63, 3.8) is 0 Å². The number of ether oxygens (including phenoxy) is 1. The van der Waals surface area contributed by atoms with E-state index in [9.17, 15) is 4.79 Å². The van der Waals surface area contributed by atoms with Gasteiger partial charge in [-0.25, -0.2) is 10.0 Å². The fourth-order valence-electron chi connectivity index (χ4n) is 3.05. The van der Waals surface area contributed by atoms with Gasteiger partial charge < -0.3 is 4.74 Å². The molecule has 0 radical (unpaired) electrons. The molecule has 0 N–H and O–H groups in total. The molecule has 2 aliphatic rings. The Balaban J connectivity index is 1.79. The van der Waals surface area contributed by atoms with Crippen molar-refractivity contribution in [1.29, 1.82) is 0 Å². The van der Waals surface area contributed by atoms with Crippen molar-refractivity contribution < 1.29 is 9.53 Å². The van der Waals surface area contributed by atoms with Gasteiger partial charge in [0, 0.05) is 19.4 Å². The molecule has 0 aliphatic carbocycles. The van der Waals surface area contributed by atoms with Crippen molar-refractivity contribution in [2.24, 2.45) is 5.92 Å². The van der Waals surface area contributed by atoms with Crippen LogP contribution >= 0.6 is 0 Å². The second-order valence-electron chi connectivity index (χ2n) is 6.00. The summed E-state index contributed by atoms with van der Waals surface area (Å²) in [7, 11) is 0. The van der Waals surface area contributed by atoms with E-state index in [1.165, 1.54) is 5.56 Å². The van der Waals surface area contributed by atoms with E-state index in [1.807, 2.05) is 11.1 Å². The Labute approximate surface area is 120 Å². The molecular weight excluding hydrogens is 252 g/mol. The maximum absolute atomic E-state index is 12.1. The van der Waals surface area contributed by atoms with Crippen LogP contribution in [0.1, 0.15) is 38.3 Å². The second kappa shape index (κ2) is 5.54. The van der Waals surface area contributed by atoms with E-state index in [4.69, 9.17) is 4.74 Å². The van der Waals surface area contributed by atoms with Crippen molar-refractivity contribution in [3.8, 4) is 0 Å². The highest BCUT2D eigenvalue weighted by Crippen LogP contribution is 2.40. The van der Waals surface area contributed by atoms with Crippen LogP contribution in [0.3, 0.4) is 0 Å². The summed E-state index contributed by atoms with van der Waals surface area (Å²) in [5, 5.41) is 4.03. The molecule has 0 bridgehead atoms. The number of hydrazine groups is 1. The van der Waals surface area contributed by atoms with Crippen LogP contribution in [-0.4, -0.2) is 35.3 Å². The first-order chi connectivity index (χ1) is 9.66. The standard InChI is InChI=1S/C16H22N2O2/c1-12(2)11-20-16-10-14(13-6-4-3-5-7-13)17-9-8-15(19)18(16)17/h3-7,12,14,16H,8-11H2,1-2H3. The molecule has 4 heteroatoms. The average molecular weight is 274 g/mol. The summed E-state index contributed by atoms with van der Waals surface area (Å²) in [6.45, 7) is 5.77. The number of hydrogen-bond donors (Lipinski definition) is 0. The molecule has 2 fully saturated rings. The summed E-state index contributed by atoms with van der Waals surface area (Å²) in [5.74, 6) is 0.675. The molecule has 2 aliphatic heterocycles. The lowest BCUT2D eigenvalue weighted by atomic mass is 10.0. The molecule has 2 atom stereocenters. The molecule has 0 saturated carbocycles. The fourth-order valence-corrected chi connectivity index (χ4v) is 3.05. The maximum atomic E-state index is 12.1. The topological polar surface area (TPSA) is 32.8 Å². The van der Waals surface area contributed by atoms with E-state index in [0.29, 0.717) is 18.9 Å². The van der Waals surface area contributed by atoms with Crippen molar-refractivity contribution in [1.82, 2.24) is 10.0 Å². The number of rotatable bonds is 4. The summed E-state index contributed by atoms with van der Waals surface area (Å²) in [4.78, 5) is 12.1. The quantitative estimate of drug-likeness (QED) is 0.846. The normalized spacial score (nSPS) is 26.6. The molecule has 0 aromatic heterocycles. The molecule has 108 valence electrons. The monoisotopic (exact) mass is 274 g/mol. The van der Waals surface area contributed by atoms with Gasteiger partial charge in [0.1, 0.15) is 6.23 Å². The van der Waals surface area contributed by atoms with Gasteiger partial charge in [0.15, 0.2) is 0 Å². The van der Waals surface area contributed by atoms with Gasteiger partial charge in [-0.2, -0.15) is 0 Å². The smallest absolute Gasteiger partial charge is 0.240 e. The Kier molecular flexibility index (Phi) is 3.76. The third kappa shape index (κ3) is 2.45. The van der Waals surface area contributed by atoms with Crippen LogP contribution in [-0.2, 0) is 9.53 Å². The highest BCUT2D eigenvalue weighted by molar-refractivity contribution is 5.78. The minimum Gasteiger partial charge on any atom is -0.357 e. The van der Waals surface area contributed by atoms with Gasteiger partial charge in [-0.15, -0.1) is 0 Å². The number of amides is 1. The van der Waals surface area contributed by atoms with Crippen molar-refractivity contribution in [3.05, 3.63) is 35.9 Å². The first-order valence-electron chi connectivity index (χ1n) is 7.42. The third-order valence-electron chi connectivity index (χ3n) is 3.95. The van der Waals surface area contributed by atoms with Gasteiger partial charge in [-0.1, -0.05) is 44.2 Å². The lowest BCUT2D eigenvalue weighted by Crippen LogP contribution is -2.40. The minimum atomic E-state index is -0.0994. The molecular formula is C16H22N2O2. The highest BCUT2D eigenvalue weighted by atomic mass is 16.5. The van der Waals surface area contributed by atoms with E-state index in [0.717, 1.165) is 13.0 Å². The largest absolute Gasteiger partial charge is 0.357 e. The molecule has 3 rings (SSSR count). The van der Waals surface area contributed by atoms with Crippen LogP contribution in [0, 0.1) is 5.92 Å². The van der Waals surface area contributed by atoms with Crippen LogP contribution < -0.4 is 0 Å². The molecule has 20 heavy (non-hydrogen) atoms. The molecule has 0 spiro atoms. The van der Waals surface area contributed by atoms with Gasteiger partial charge >= 0.3 is 0 Å². The van der Waals surface area contributed by atoms with Gasteiger partial charge in [0.05, 0.1) is 12.6 Å². The average Bonchev–Trinajstić information content (AvgIpc) is 2.99. The van der Waals surface area contributed by atoms with Crippen LogP contribution in [0.25, 0.3) is 0 Å². The number of carbonyl (C=O) groups excluding carboxylic acids is 1. The highest BCUT2D eigenvalue weighted by Gasteiger charge is 2.46. The van der Waals surface area contributed by atoms with Crippen LogP contribution in [0.15, 0.2) is 30.3 Å². The molecule has 2 unspecified atom stereocenters. The number of benzene rings is 1. The molecule has 2 heterocycles. The lowest BCUT2D eigenvalue weighted by molar-refractivity contribution is -0.156. The van der Waals surface area contributed by atoms with E-state index in [2.05, 4.69) is 43.1 Å². The number of hydrogen-bond acceptors (Lipinski definition) is 3. The summed E-state index contributed by atoms with van der Waals surface area (Å²) in [5.41, 5.74) is 1.27. The molecule has 1 aromatic rings. The Morgan fingerprint density at radius 1 is 1.30 bits per heavy atom. The van der Waals surface area contributed by atoms with E-state index in [1.54, 1.807) is 0 Å². The number of carbonyl (C=O) groups is 1. The fraction of sp³-hybridized carbons (Fsp3) is 0.562. The third-order valence-corrected chi connectivity index (χ3v) is 3.95. The minimum absolute atomic E-state index is 0.0994. The van der Waals surface area contributed by atoms with E-state index >= 15 is 0 Å². The zero-order chi connectivity index (χ0) is 14.1. The molecule has 1 amide bonds. The summed E-state index contributed by atoms with van der Waals surface area (Å²) < 4.78 is 5.96. The second-order valence-corrected chi connectivity index (χ2v) is 6.00. The van der Waals surface area contributed by atoms with Gasteiger partial charge in [-0.05, 0) is 11.5 Å². The van der Waals surface area contributed by atoms with Crippen LogP contribution in [0.5, 0.6) is 0 Å². The first kappa shape index (κ1) is 13.6. The van der Waals surface area contributed by atoms with Crippen molar-refractivity contribution >= 4 is 5.91 Å². The summed E-state index contributed by atoms with van der Waals surface area (Å²) >= 11 is 0. The molecule has 4 nitrogen and oxygen atoms in total. The van der Waals surface area contributed by atoms with Crippen molar-refractivity contribution in [2.75, 3.05) is 13.2 Å². The first-order valence-corrected chi connectivity index (χ1v) is 7.42. The maximum Gasteiger partial charge on any atom is 0.240 e. The van der Waals surface area contributed by atoms with Gasteiger partial charge in [-0.3, -0.25) is 4.79 Å². The Morgan fingerprint density at radius 2 is 2.05 bits per heavy atom. The predicted octanol–water partition coefficient (Wildman–Crippen LogP) is 2.58. The Hall–Kier alpha value is -1.39. The Morgan fingerprint density at radius 3 is 2.75 bits per heavy atom. The van der Waals surface area contributed by atoms with Crippen LogP contribution in [0.2, 0.25) is 0 Å². The zero-order valence-electron chi connectivity index (χ0n) is 12.2. The summed E-state index contributed by atoms with van der Waals surface area (Å²) in [6.07, 6.45) is 1.37. The lowest BCUT2D eigenvalue weighted by Gasteiger charge is -2.27. The van der Waals surface area contributed by atoms with Gasteiger partial charge in [0.25, 0.3) is 0 Å². The Bertz CT molecular complexity index is 475. The van der Waals surface area contributed by atoms with Crippen molar-refractivity contribution in [2.45, 2.75) is 39.0 Å². The number of nitrogens with zero attached hydrogens (tertiary/aromatic N) is 2. The molecule has 2 saturated heterocycles.